The summed E-state index contributed by atoms with van der Waals surface area (Å²) in [6, 6.07) is 20.7. The maximum Gasteiger partial charge on any atom is 0.170 e. The van der Waals surface area contributed by atoms with Gasteiger partial charge < -0.3 is 0 Å². The van der Waals surface area contributed by atoms with Gasteiger partial charge in [-0.25, -0.2) is 16.8 Å². The van der Waals surface area contributed by atoms with Crippen LogP contribution in [0.4, 0.5) is 0 Å². The lowest BCUT2D eigenvalue weighted by Crippen LogP contribution is -2.65. The zero-order valence-electron chi connectivity index (χ0n) is 26.4. The van der Waals surface area contributed by atoms with Crippen molar-refractivity contribution in [1.29, 1.82) is 5.26 Å². The molecular weight excluding hydrogens is 607 g/mol. The number of para-hydroxylation sites is 2. The number of benzene rings is 2. The summed E-state index contributed by atoms with van der Waals surface area (Å²) in [5.41, 5.74) is 1.27. The normalized spacial score (nSPS) is 14.5. The van der Waals surface area contributed by atoms with E-state index in [1.54, 1.807) is 12.4 Å². The van der Waals surface area contributed by atoms with Gasteiger partial charge in [0.2, 0.25) is 0 Å². The Bertz CT molecular complexity index is 1870. The number of aromatic nitrogens is 2. The van der Waals surface area contributed by atoms with E-state index in [4.69, 9.17) is 0 Å². The maximum atomic E-state index is 14.1. The fraction of sp³-hybridized carbons (Fsp3) is 0.441. The van der Waals surface area contributed by atoms with Crippen molar-refractivity contribution in [3.05, 3.63) is 84.2 Å². The molecule has 2 N–H and O–H groups in total. The molecule has 11 heteroatoms. The van der Waals surface area contributed by atoms with Crippen LogP contribution in [-0.4, -0.2) is 50.1 Å². The number of nitrogens with zero attached hydrogens (tertiary/aromatic N) is 3. The van der Waals surface area contributed by atoms with Crippen molar-refractivity contribution in [3.63, 3.8) is 0 Å². The lowest BCUT2D eigenvalue weighted by molar-refractivity contribution is 0.231. The highest BCUT2D eigenvalue weighted by Crippen LogP contribution is 2.26. The highest BCUT2D eigenvalue weighted by Gasteiger charge is 2.41. The average Bonchev–Trinajstić information content (AvgIpc) is 2.97. The third-order valence-corrected chi connectivity index (χ3v) is 11.3. The number of hydrogen-bond acceptors (Lipinski definition) is 9. The fourth-order valence-corrected chi connectivity index (χ4v) is 9.32. The lowest BCUT2D eigenvalue weighted by Gasteiger charge is -2.40. The van der Waals surface area contributed by atoms with E-state index in [-0.39, 0.29) is 42.7 Å². The Morgan fingerprint density at radius 2 is 1.36 bits per heavy atom. The molecular formula is C34H43N5O4S2. The molecule has 0 fully saturated rings. The summed E-state index contributed by atoms with van der Waals surface area (Å²) in [6.45, 7) is 7.78. The molecule has 0 amide bonds. The minimum absolute atomic E-state index is 0.0145. The van der Waals surface area contributed by atoms with Crippen LogP contribution in [0.15, 0.2) is 73.1 Å². The van der Waals surface area contributed by atoms with Gasteiger partial charge in [0, 0.05) is 23.2 Å². The Morgan fingerprint density at radius 3 is 1.89 bits per heavy atom. The molecule has 9 nitrogen and oxygen atoms in total. The van der Waals surface area contributed by atoms with Crippen LogP contribution in [0.25, 0.3) is 21.8 Å². The smallest absolute Gasteiger partial charge is 0.170 e. The molecule has 0 radical (unpaired) electrons. The van der Waals surface area contributed by atoms with Crippen molar-refractivity contribution in [2.75, 3.05) is 12.3 Å². The lowest BCUT2D eigenvalue weighted by atomic mass is 9.98. The summed E-state index contributed by atoms with van der Waals surface area (Å²) in [6.07, 6.45) is 4.32. The minimum Gasteiger partial charge on any atom is -0.286 e. The van der Waals surface area contributed by atoms with Gasteiger partial charge in [0.15, 0.2) is 19.7 Å². The van der Waals surface area contributed by atoms with Gasteiger partial charge in [-0.1, -0.05) is 64.1 Å². The number of fused-ring (bicyclic) bond motifs is 2. The molecule has 2 heterocycles. The predicted molar refractivity (Wildman–Crippen MR) is 180 cm³/mol. The molecule has 4 rings (SSSR count). The zero-order valence-corrected chi connectivity index (χ0v) is 28.0. The fourth-order valence-electron chi connectivity index (χ4n) is 5.78. The second kappa shape index (κ2) is 14.8. The number of rotatable bonds is 16. The number of pyridine rings is 2. The molecule has 0 unspecified atom stereocenters. The van der Waals surface area contributed by atoms with E-state index in [0.717, 1.165) is 21.8 Å². The Hall–Kier alpha value is -3.43. The highest BCUT2D eigenvalue weighted by atomic mass is 32.2. The molecule has 4 aromatic rings. The van der Waals surface area contributed by atoms with Gasteiger partial charge in [-0.05, 0) is 66.5 Å². The molecule has 45 heavy (non-hydrogen) atoms. The van der Waals surface area contributed by atoms with Crippen molar-refractivity contribution in [3.8, 4) is 6.07 Å². The maximum absolute atomic E-state index is 14.1. The van der Waals surface area contributed by atoms with Crippen LogP contribution >= 0.6 is 0 Å². The number of nitriles is 1. The van der Waals surface area contributed by atoms with Crippen LogP contribution < -0.4 is 10.6 Å². The molecule has 0 saturated carbocycles. The molecule has 0 aliphatic heterocycles. The third-order valence-electron chi connectivity index (χ3n) is 7.65. The van der Waals surface area contributed by atoms with E-state index in [1.807, 2.05) is 88.4 Å². The Labute approximate surface area is 267 Å². The standard InChI is InChI=1S/C34H43N5O4S2/c1-25(2)13-14-33(45(42,43)23-28-18-30-10-6-8-12-32(30)37-21-28)39-34(19-26(3)4,38-16-15-35)24-44(40,41)22-27-17-29-9-5-7-11-31(29)36-20-27/h5-12,17-18,20-21,25-26,33,38-39H,13-14,16,19,22-24H2,1-4H3/t33-,34-/m0/s1. The first kappa shape index (κ1) is 34.4. The van der Waals surface area contributed by atoms with Crippen molar-refractivity contribution in [2.24, 2.45) is 11.8 Å². The van der Waals surface area contributed by atoms with Crippen molar-refractivity contribution in [2.45, 2.75) is 69.5 Å². The molecule has 2 aromatic heterocycles. The quantitative estimate of drug-likeness (QED) is 0.119. The Kier molecular flexibility index (Phi) is 11.3. The van der Waals surface area contributed by atoms with Crippen LogP contribution in [0, 0.1) is 23.2 Å². The van der Waals surface area contributed by atoms with Crippen LogP contribution in [-0.2, 0) is 31.2 Å². The van der Waals surface area contributed by atoms with Gasteiger partial charge in [-0.2, -0.15) is 5.26 Å². The molecule has 0 saturated heterocycles. The average molecular weight is 650 g/mol. The monoisotopic (exact) mass is 649 g/mol. The predicted octanol–water partition coefficient (Wildman–Crippen LogP) is 5.52. The Morgan fingerprint density at radius 1 is 0.800 bits per heavy atom. The molecule has 240 valence electrons. The van der Waals surface area contributed by atoms with Gasteiger partial charge in [-0.15, -0.1) is 0 Å². The van der Waals surface area contributed by atoms with E-state index >= 15 is 0 Å². The molecule has 0 bridgehead atoms. The topological polar surface area (TPSA) is 142 Å². The van der Waals surface area contributed by atoms with Crippen molar-refractivity contribution >= 4 is 41.5 Å². The van der Waals surface area contributed by atoms with Crippen molar-refractivity contribution < 1.29 is 16.8 Å². The van der Waals surface area contributed by atoms with E-state index in [1.165, 1.54) is 0 Å². The number of hydrogen-bond donors (Lipinski definition) is 2. The second-order valence-corrected chi connectivity index (χ2v) is 17.0. The molecule has 0 aliphatic carbocycles. The minimum atomic E-state index is -3.85. The molecule has 2 atom stereocenters. The molecule has 0 spiro atoms. The number of nitrogens with one attached hydrogen (secondary N) is 2. The summed E-state index contributed by atoms with van der Waals surface area (Å²) >= 11 is 0. The Balaban J connectivity index is 1.68. The molecule has 0 aliphatic rings. The largest absolute Gasteiger partial charge is 0.286 e. The SMILES string of the molecule is CC(C)CC[C@@H](N[C@@](CC(C)C)(CS(=O)(=O)Cc1cnc2ccccc2c1)NCC#N)S(=O)(=O)Cc1cnc2ccccc2c1. The van der Waals surface area contributed by atoms with Gasteiger partial charge in [0.05, 0.1) is 46.6 Å². The zero-order chi connectivity index (χ0) is 32.7. The van der Waals surface area contributed by atoms with E-state index < -0.39 is 36.5 Å². The van der Waals surface area contributed by atoms with E-state index in [9.17, 15) is 22.1 Å². The second-order valence-electron chi connectivity index (χ2n) is 12.7. The van der Waals surface area contributed by atoms with Crippen molar-refractivity contribution in [1.82, 2.24) is 20.6 Å². The summed E-state index contributed by atoms with van der Waals surface area (Å²) in [5.74, 6) is -0.724. The third kappa shape index (κ3) is 9.78. The number of sulfone groups is 2. The van der Waals surface area contributed by atoms with Crippen LogP contribution in [0.2, 0.25) is 0 Å². The summed E-state index contributed by atoms with van der Waals surface area (Å²) in [7, 11) is -7.67. The van der Waals surface area contributed by atoms with E-state index in [0.29, 0.717) is 17.5 Å². The summed E-state index contributed by atoms with van der Waals surface area (Å²) < 4.78 is 56.0. The van der Waals surface area contributed by atoms with Gasteiger partial charge in [0.25, 0.3) is 0 Å². The summed E-state index contributed by atoms with van der Waals surface area (Å²) in [4.78, 5) is 8.86. The first-order valence-electron chi connectivity index (χ1n) is 15.3. The van der Waals surface area contributed by atoms with Gasteiger partial charge >= 0.3 is 0 Å². The highest BCUT2D eigenvalue weighted by molar-refractivity contribution is 7.91. The van der Waals surface area contributed by atoms with Crippen LogP contribution in [0.1, 0.15) is 58.1 Å². The van der Waals surface area contributed by atoms with Gasteiger partial charge in [-0.3, -0.25) is 20.6 Å². The van der Waals surface area contributed by atoms with Crippen LogP contribution in [0.5, 0.6) is 0 Å². The van der Waals surface area contributed by atoms with E-state index in [2.05, 4.69) is 26.7 Å². The summed E-state index contributed by atoms with van der Waals surface area (Å²) in [5, 5.41) is 16.6. The van der Waals surface area contributed by atoms with Crippen LogP contribution in [0.3, 0.4) is 0 Å². The first-order chi connectivity index (χ1) is 21.3. The van der Waals surface area contributed by atoms with Gasteiger partial charge in [0.1, 0.15) is 5.37 Å². The molecule has 2 aromatic carbocycles. The first-order valence-corrected chi connectivity index (χ1v) is 18.8.